The molecule has 0 saturated heterocycles. The summed E-state index contributed by atoms with van der Waals surface area (Å²) in [6.45, 7) is 7.33. The minimum atomic E-state index is 0.0278. The fourth-order valence-electron chi connectivity index (χ4n) is 1.31. The van der Waals surface area contributed by atoms with Gasteiger partial charge in [-0.3, -0.25) is 4.79 Å². The van der Waals surface area contributed by atoms with Crippen LogP contribution in [0, 0.1) is 5.41 Å². The van der Waals surface area contributed by atoms with Crippen molar-refractivity contribution < 1.29 is 4.79 Å². The van der Waals surface area contributed by atoms with Crippen LogP contribution in [0.5, 0.6) is 0 Å². The van der Waals surface area contributed by atoms with E-state index in [1.54, 1.807) is 18.5 Å². The first-order valence-electron chi connectivity index (χ1n) is 5.75. The van der Waals surface area contributed by atoms with E-state index in [0.717, 1.165) is 0 Å². The van der Waals surface area contributed by atoms with E-state index in [4.69, 9.17) is 0 Å². The number of amides is 1. The quantitative estimate of drug-likeness (QED) is 0.759. The molecule has 0 fully saturated rings. The second-order valence-corrected chi connectivity index (χ2v) is 5.09. The first-order chi connectivity index (χ1) is 7.97. The molecule has 1 aromatic rings. The van der Waals surface area contributed by atoms with E-state index in [1.165, 1.54) is 0 Å². The van der Waals surface area contributed by atoms with Gasteiger partial charge in [0.15, 0.2) is 0 Å². The molecule has 0 aliphatic carbocycles. The van der Waals surface area contributed by atoms with Gasteiger partial charge in [0.2, 0.25) is 11.9 Å². The van der Waals surface area contributed by atoms with Crippen molar-refractivity contribution in [1.29, 1.82) is 0 Å². The van der Waals surface area contributed by atoms with Crippen LogP contribution in [0.1, 0.15) is 27.2 Å². The lowest BCUT2D eigenvalue weighted by molar-refractivity contribution is -0.122. The molecular weight excluding hydrogens is 216 g/mol. The molecule has 1 amide bonds. The summed E-state index contributed by atoms with van der Waals surface area (Å²) in [7, 11) is 0. The Labute approximate surface area is 102 Å². The van der Waals surface area contributed by atoms with Crippen LogP contribution in [0.4, 0.5) is 5.95 Å². The SMILES string of the molecule is CC(C)(C)CC(=O)NCCNc1ncccn1. The van der Waals surface area contributed by atoms with Gasteiger partial charge in [0.05, 0.1) is 0 Å². The highest BCUT2D eigenvalue weighted by Crippen LogP contribution is 2.17. The minimum absolute atomic E-state index is 0.0278. The summed E-state index contributed by atoms with van der Waals surface area (Å²) in [6, 6.07) is 1.76. The Morgan fingerprint density at radius 2 is 1.88 bits per heavy atom. The number of aromatic nitrogens is 2. The van der Waals surface area contributed by atoms with Gasteiger partial charge in [-0.25, -0.2) is 9.97 Å². The van der Waals surface area contributed by atoms with Crippen molar-refractivity contribution in [2.75, 3.05) is 18.4 Å². The Kier molecular flexibility index (Phi) is 4.87. The molecule has 0 aliphatic rings. The summed E-state index contributed by atoms with van der Waals surface area (Å²) in [6.07, 6.45) is 3.88. The fraction of sp³-hybridized carbons (Fsp3) is 0.583. The van der Waals surface area contributed by atoms with Gasteiger partial charge in [-0.1, -0.05) is 20.8 Å². The fourth-order valence-corrected chi connectivity index (χ4v) is 1.31. The molecule has 0 bridgehead atoms. The largest absolute Gasteiger partial charge is 0.354 e. The number of carbonyl (C=O) groups is 1. The average Bonchev–Trinajstić information content (AvgIpc) is 2.23. The van der Waals surface area contributed by atoms with E-state index in [1.807, 2.05) is 20.8 Å². The van der Waals surface area contributed by atoms with E-state index in [0.29, 0.717) is 25.5 Å². The smallest absolute Gasteiger partial charge is 0.222 e. The number of nitrogens with zero attached hydrogens (tertiary/aromatic N) is 2. The van der Waals surface area contributed by atoms with Gasteiger partial charge < -0.3 is 10.6 Å². The van der Waals surface area contributed by atoms with Crippen LogP contribution in [-0.4, -0.2) is 29.0 Å². The maximum Gasteiger partial charge on any atom is 0.222 e. The number of hydrogen-bond acceptors (Lipinski definition) is 4. The lowest BCUT2D eigenvalue weighted by Gasteiger charge is -2.17. The molecule has 0 spiro atoms. The Morgan fingerprint density at radius 3 is 2.47 bits per heavy atom. The molecule has 0 aromatic carbocycles. The van der Waals surface area contributed by atoms with Crippen molar-refractivity contribution in [3.8, 4) is 0 Å². The monoisotopic (exact) mass is 236 g/mol. The van der Waals surface area contributed by atoms with Gasteiger partial charge in [0, 0.05) is 31.9 Å². The summed E-state index contributed by atoms with van der Waals surface area (Å²) < 4.78 is 0. The van der Waals surface area contributed by atoms with Gasteiger partial charge in [-0.05, 0) is 11.5 Å². The molecule has 0 unspecified atom stereocenters. The molecule has 0 radical (unpaired) electrons. The second kappa shape index (κ2) is 6.18. The van der Waals surface area contributed by atoms with Gasteiger partial charge in [-0.2, -0.15) is 0 Å². The number of nitrogens with one attached hydrogen (secondary N) is 2. The standard InChI is InChI=1S/C12H20N4O/c1-12(2,3)9-10(17)13-7-8-16-11-14-5-4-6-15-11/h4-6H,7-9H2,1-3H3,(H,13,17)(H,14,15,16). The highest BCUT2D eigenvalue weighted by molar-refractivity contribution is 5.76. The van der Waals surface area contributed by atoms with E-state index < -0.39 is 0 Å². The van der Waals surface area contributed by atoms with Crippen LogP contribution < -0.4 is 10.6 Å². The average molecular weight is 236 g/mol. The number of carbonyl (C=O) groups excluding carboxylic acids is 1. The van der Waals surface area contributed by atoms with Crippen molar-refractivity contribution in [2.24, 2.45) is 5.41 Å². The van der Waals surface area contributed by atoms with Gasteiger partial charge >= 0.3 is 0 Å². The zero-order chi connectivity index (χ0) is 12.7. The molecule has 5 heteroatoms. The van der Waals surface area contributed by atoms with Gasteiger partial charge in [0.25, 0.3) is 0 Å². The zero-order valence-electron chi connectivity index (χ0n) is 10.7. The van der Waals surface area contributed by atoms with Gasteiger partial charge in [-0.15, -0.1) is 0 Å². The van der Waals surface area contributed by atoms with Crippen molar-refractivity contribution in [3.63, 3.8) is 0 Å². The summed E-state index contributed by atoms with van der Waals surface area (Å²) in [4.78, 5) is 19.5. The molecule has 0 saturated carbocycles. The first kappa shape index (κ1) is 13.4. The highest BCUT2D eigenvalue weighted by atomic mass is 16.1. The summed E-state index contributed by atoms with van der Waals surface area (Å²) in [5.41, 5.74) is 0.0278. The van der Waals surface area contributed by atoms with Crippen molar-refractivity contribution >= 4 is 11.9 Å². The number of anilines is 1. The Morgan fingerprint density at radius 1 is 1.24 bits per heavy atom. The van der Waals surface area contributed by atoms with Crippen molar-refractivity contribution in [2.45, 2.75) is 27.2 Å². The normalized spacial score (nSPS) is 11.0. The van der Waals surface area contributed by atoms with Crippen LogP contribution in [0.25, 0.3) is 0 Å². The lowest BCUT2D eigenvalue weighted by Crippen LogP contribution is -2.31. The van der Waals surface area contributed by atoms with E-state index >= 15 is 0 Å². The maximum absolute atomic E-state index is 11.5. The molecule has 5 nitrogen and oxygen atoms in total. The molecule has 2 N–H and O–H groups in total. The number of rotatable bonds is 5. The van der Waals surface area contributed by atoms with Crippen molar-refractivity contribution in [1.82, 2.24) is 15.3 Å². The van der Waals surface area contributed by atoms with E-state index in [9.17, 15) is 4.79 Å². The molecule has 1 rings (SSSR count). The third kappa shape index (κ3) is 6.50. The van der Waals surface area contributed by atoms with Crippen LogP contribution in [-0.2, 0) is 4.79 Å². The van der Waals surface area contributed by atoms with Crippen LogP contribution >= 0.6 is 0 Å². The summed E-state index contributed by atoms with van der Waals surface area (Å²) in [5.74, 6) is 0.658. The minimum Gasteiger partial charge on any atom is -0.354 e. The summed E-state index contributed by atoms with van der Waals surface area (Å²) in [5, 5.41) is 5.88. The van der Waals surface area contributed by atoms with Gasteiger partial charge in [0.1, 0.15) is 0 Å². The Bertz CT molecular complexity index is 345. The molecule has 1 aromatic heterocycles. The molecule has 1 heterocycles. The first-order valence-corrected chi connectivity index (χ1v) is 5.75. The second-order valence-electron chi connectivity index (χ2n) is 5.09. The van der Waals surface area contributed by atoms with E-state index in [-0.39, 0.29) is 11.3 Å². The molecule has 94 valence electrons. The van der Waals surface area contributed by atoms with Crippen LogP contribution in [0.3, 0.4) is 0 Å². The Balaban J connectivity index is 2.14. The van der Waals surface area contributed by atoms with Crippen LogP contribution in [0.2, 0.25) is 0 Å². The molecule has 0 aliphatic heterocycles. The third-order valence-corrected chi connectivity index (χ3v) is 1.99. The molecule has 0 atom stereocenters. The predicted octanol–water partition coefficient (Wildman–Crippen LogP) is 1.44. The summed E-state index contributed by atoms with van der Waals surface area (Å²) >= 11 is 0. The number of hydrogen-bond donors (Lipinski definition) is 2. The third-order valence-electron chi connectivity index (χ3n) is 1.99. The predicted molar refractivity (Wildman–Crippen MR) is 67.6 cm³/mol. The topological polar surface area (TPSA) is 66.9 Å². The molecular formula is C12H20N4O. The van der Waals surface area contributed by atoms with E-state index in [2.05, 4.69) is 20.6 Å². The zero-order valence-corrected chi connectivity index (χ0v) is 10.7. The highest BCUT2D eigenvalue weighted by Gasteiger charge is 2.15. The van der Waals surface area contributed by atoms with Crippen molar-refractivity contribution in [3.05, 3.63) is 18.5 Å². The maximum atomic E-state index is 11.5. The Hall–Kier alpha value is -1.65. The lowest BCUT2D eigenvalue weighted by atomic mass is 9.92. The van der Waals surface area contributed by atoms with Crippen LogP contribution in [0.15, 0.2) is 18.5 Å². The molecule has 17 heavy (non-hydrogen) atoms.